The maximum atomic E-state index is 15.0. The molecule has 0 saturated heterocycles. The molecule has 0 aromatic heterocycles. The second kappa shape index (κ2) is 20.3. The molecule has 0 saturated carbocycles. The lowest BCUT2D eigenvalue weighted by Crippen LogP contribution is -2.22. The summed E-state index contributed by atoms with van der Waals surface area (Å²) in [7, 11) is -21.1. The van der Waals surface area contributed by atoms with Crippen molar-refractivity contribution in [2.45, 2.75) is 33.4 Å². The highest BCUT2D eigenvalue weighted by atomic mass is 32.2. The Morgan fingerprint density at radius 3 is 0.988 bits per heavy atom. The van der Waals surface area contributed by atoms with Crippen LogP contribution in [0.15, 0.2) is 141 Å². The number of aryl methyl sites for hydroxylation is 2. The molecule has 6 aromatic carbocycles. The second-order valence-corrected chi connectivity index (χ2v) is 23.9. The first-order valence-electron chi connectivity index (χ1n) is 23.3. The van der Waals surface area contributed by atoms with Crippen LogP contribution in [0.3, 0.4) is 0 Å². The van der Waals surface area contributed by atoms with Gasteiger partial charge >= 0.3 is 63.3 Å². The van der Waals surface area contributed by atoms with Crippen molar-refractivity contribution in [3.63, 3.8) is 0 Å². The predicted octanol–water partition coefficient (Wildman–Crippen LogP) is 6.56. The van der Waals surface area contributed by atoms with Gasteiger partial charge in [-0.2, -0.15) is 52.8 Å². The van der Waals surface area contributed by atoms with E-state index in [4.69, 9.17) is 16.7 Å². The number of carbonyl (C=O) groups excluding carboxylic acids is 4. The smallest absolute Gasteiger partial charge is 0.362 e. The standard InChI is InChI=1S/C54H30N8O16S4/c1-27-26-44(76-80(69,70)46-12-4-8-34-30(46)16-21-40(60-56)50(34)64)28(2)25-38(27)37-19-24-43(75-79(67,68)45-11-3-7-33-29(45)15-20-39(59-55)49(33)63)54(78-82(73,74)48-14-6-10-36-32(48)18-23-42(62-58)52(36)66)53(37)77-81(71,72)47-13-5-9-35-31(47)17-22-41(61-57)51(35)65/h3-26H,1-2H3. The van der Waals surface area contributed by atoms with Crippen LogP contribution in [0, 0.1) is 13.8 Å². The van der Waals surface area contributed by atoms with E-state index < -0.39 is 123 Å². The molecule has 0 heterocycles. The lowest BCUT2D eigenvalue weighted by atomic mass is 9.95. The summed E-state index contributed by atoms with van der Waals surface area (Å²) >= 11 is 0. The molecule has 0 bridgehead atoms. The molecule has 0 N–H and O–H groups in total. The van der Waals surface area contributed by atoms with Crippen LogP contribution in [-0.2, 0) is 40.5 Å². The number of Topliss-reactive ketones (excluding diaryl/α,β-unsaturated/α-hetero) is 4. The van der Waals surface area contributed by atoms with E-state index in [0.29, 0.717) is 0 Å². The van der Waals surface area contributed by atoms with E-state index in [1.165, 1.54) is 62.4 Å². The van der Waals surface area contributed by atoms with Gasteiger partial charge in [0.25, 0.3) is 23.1 Å². The van der Waals surface area contributed by atoms with E-state index >= 15 is 8.42 Å². The molecule has 10 rings (SSSR count). The van der Waals surface area contributed by atoms with Crippen LogP contribution in [0.5, 0.6) is 23.0 Å². The average molecular weight is 1180 g/mol. The van der Waals surface area contributed by atoms with Crippen LogP contribution < -0.4 is 16.7 Å². The molecule has 0 spiro atoms. The normalized spacial score (nSPS) is 14.4. The Morgan fingerprint density at radius 2 is 0.646 bits per heavy atom. The van der Waals surface area contributed by atoms with Gasteiger partial charge in [-0.15, -0.1) is 0 Å². The first-order chi connectivity index (χ1) is 38.9. The Labute approximate surface area is 463 Å². The first kappa shape index (κ1) is 54.8. The van der Waals surface area contributed by atoms with E-state index in [-0.39, 0.29) is 72.7 Å². The molecule has 6 aromatic rings. The van der Waals surface area contributed by atoms with Crippen molar-refractivity contribution in [1.82, 2.24) is 0 Å². The van der Waals surface area contributed by atoms with E-state index in [0.717, 1.165) is 97.1 Å². The zero-order valence-electron chi connectivity index (χ0n) is 41.6. The lowest BCUT2D eigenvalue weighted by molar-refractivity contribution is -0.00459. The minimum absolute atomic E-state index is 0.00627. The maximum absolute atomic E-state index is 15.0. The van der Waals surface area contributed by atoms with E-state index in [1.54, 1.807) is 0 Å². The summed E-state index contributed by atoms with van der Waals surface area (Å²) in [5, 5.41) is 0. The summed E-state index contributed by atoms with van der Waals surface area (Å²) in [6, 6.07) is 18.0. The van der Waals surface area contributed by atoms with Crippen LogP contribution in [-0.4, -0.2) is 98.8 Å². The summed E-state index contributed by atoms with van der Waals surface area (Å²) in [4.78, 5) is 61.8. The van der Waals surface area contributed by atoms with Crippen LogP contribution in [0.2, 0.25) is 0 Å². The number of fused-ring (bicyclic) bond motifs is 4. The van der Waals surface area contributed by atoms with Gasteiger partial charge in [-0.05, 0) is 103 Å². The minimum Gasteiger partial charge on any atom is -0.379 e. The summed E-state index contributed by atoms with van der Waals surface area (Å²) in [6.45, 7) is 2.75. The summed E-state index contributed by atoms with van der Waals surface area (Å²) in [5.41, 5.74) is 33.3. The SMILES string of the molecule is Cc1cc(-c2ccc(OS(=O)(=O)c3cccc4c3C=CC(=[N+]=[N-])C4=O)c(OS(=O)(=O)c3cccc4c3C=CC(=[N+]=[N-])C4=O)c2OS(=O)(=O)c2cccc3c2C=CC(=[N+]=[N-])C3=O)c(C)cc1OS(=O)(=O)c1cccc2c1C=CC(=[N+]=[N-])C2=O. The molecule has 0 atom stereocenters. The molecule has 0 aliphatic heterocycles. The third-order valence-electron chi connectivity index (χ3n) is 13.0. The fraction of sp³-hybridized carbons (Fsp3) is 0.0370. The lowest BCUT2D eigenvalue weighted by Gasteiger charge is -2.22. The quantitative estimate of drug-likeness (QED) is 0.0671. The van der Waals surface area contributed by atoms with Gasteiger partial charge in [0.1, 0.15) is 25.3 Å². The number of rotatable bonds is 13. The van der Waals surface area contributed by atoms with Gasteiger partial charge in [0, 0.05) is 74.4 Å². The number of benzene rings is 6. The molecule has 0 amide bonds. The molecule has 0 unspecified atom stereocenters. The number of hydrogen-bond donors (Lipinski definition) is 0. The molecule has 4 aliphatic rings. The van der Waals surface area contributed by atoms with Gasteiger partial charge in [-0.25, -0.2) is 0 Å². The third-order valence-corrected chi connectivity index (χ3v) is 18.1. The topological polar surface area (TPSA) is 387 Å². The van der Waals surface area contributed by atoms with Gasteiger partial charge < -0.3 is 38.9 Å². The van der Waals surface area contributed by atoms with Crippen LogP contribution in [0.25, 0.3) is 57.6 Å². The monoisotopic (exact) mass is 1170 g/mol. The van der Waals surface area contributed by atoms with E-state index in [2.05, 4.69) is 19.2 Å². The number of carbonyl (C=O) groups is 4. The highest BCUT2D eigenvalue weighted by molar-refractivity contribution is 7.88. The van der Waals surface area contributed by atoms with Crippen LogP contribution in [0.4, 0.5) is 0 Å². The summed E-state index contributed by atoms with van der Waals surface area (Å²) in [6.07, 6.45) is 8.61. The molecule has 4 aliphatic carbocycles. The molecule has 0 radical (unpaired) electrons. The molecule has 82 heavy (non-hydrogen) atoms. The molecule has 28 heteroatoms. The molecular formula is C54H30N8O16S4. The largest absolute Gasteiger partial charge is 0.379 e. The fourth-order valence-corrected chi connectivity index (χ4v) is 13.8. The van der Waals surface area contributed by atoms with Crippen LogP contribution in [0.1, 0.15) is 74.8 Å². The average Bonchev–Trinajstić information content (AvgIpc) is 3.37. The molecular weight excluding hydrogens is 1140 g/mol. The predicted molar refractivity (Wildman–Crippen MR) is 286 cm³/mol. The number of hydrogen-bond acceptors (Lipinski definition) is 16. The third kappa shape index (κ3) is 9.37. The Morgan fingerprint density at radius 1 is 0.329 bits per heavy atom. The maximum Gasteiger partial charge on any atom is 0.362 e. The number of ketones is 4. The van der Waals surface area contributed by atoms with Gasteiger partial charge in [-0.1, -0.05) is 48.5 Å². The van der Waals surface area contributed by atoms with Gasteiger partial charge in [0.05, 0.1) is 0 Å². The van der Waals surface area contributed by atoms with Crippen molar-refractivity contribution in [3.05, 3.63) is 199 Å². The Kier molecular flexibility index (Phi) is 13.6. The Balaban J connectivity index is 1.20. The summed E-state index contributed by atoms with van der Waals surface area (Å²) < 4.78 is 140. The zero-order chi connectivity index (χ0) is 58.8. The Hall–Kier alpha value is -10.5. The van der Waals surface area contributed by atoms with E-state index in [1.807, 2.05) is 0 Å². The zero-order valence-corrected chi connectivity index (χ0v) is 44.9. The van der Waals surface area contributed by atoms with Crippen molar-refractivity contribution < 1.29 is 88.7 Å². The molecule has 406 valence electrons. The number of nitrogens with zero attached hydrogens (tertiary/aromatic N) is 8. The molecule has 24 nitrogen and oxygen atoms in total. The molecule has 0 fully saturated rings. The van der Waals surface area contributed by atoms with Gasteiger partial charge in [-0.3, -0.25) is 19.2 Å². The van der Waals surface area contributed by atoms with Crippen LogP contribution >= 0.6 is 0 Å². The highest BCUT2D eigenvalue weighted by Gasteiger charge is 2.39. The number of allylic oxidation sites excluding steroid dienone is 4. The van der Waals surface area contributed by atoms with Crippen molar-refractivity contribution in [2.24, 2.45) is 0 Å². The second-order valence-electron chi connectivity index (χ2n) is 17.8. The van der Waals surface area contributed by atoms with Crippen molar-refractivity contribution in [1.29, 1.82) is 0 Å². The minimum atomic E-state index is -5.51. The van der Waals surface area contributed by atoms with Crippen molar-refractivity contribution in [3.8, 4) is 34.1 Å². The van der Waals surface area contributed by atoms with E-state index in [9.17, 15) is 66.6 Å². The summed E-state index contributed by atoms with van der Waals surface area (Å²) in [5.74, 6) is -7.45. The van der Waals surface area contributed by atoms with Crippen molar-refractivity contribution >= 4 is 111 Å². The van der Waals surface area contributed by atoms with Crippen molar-refractivity contribution in [2.75, 3.05) is 0 Å². The van der Waals surface area contributed by atoms with Gasteiger partial charge in [0.15, 0.2) is 11.5 Å². The first-order valence-corrected chi connectivity index (χ1v) is 29.0. The highest BCUT2D eigenvalue weighted by Crippen LogP contribution is 2.50. The fourth-order valence-electron chi connectivity index (χ4n) is 9.14. The Bertz CT molecular complexity index is 4880. The van der Waals surface area contributed by atoms with Gasteiger partial charge in [0.2, 0.25) is 5.75 Å².